The van der Waals surface area contributed by atoms with Gasteiger partial charge >= 0.3 is 5.97 Å². The maximum absolute atomic E-state index is 10.5. The molecule has 0 aliphatic carbocycles. The summed E-state index contributed by atoms with van der Waals surface area (Å²) in [6.45, 7) is 1.62. The largest absolute Gasteiger partial charge is 0.464 e. The minimum absolute atomic E-state index is 0.141. The third-order valence-corrected chi connectivity index (χ3v) is 1.97. The number of rotatable bonds is 3. The Balaban J connectivity index is 2.49. The predicted molar refractivity (Wildman–Crippen MR) is 50.3 cm³/mol. The monoisotopic (exact) mass is 244 g/mol. The Morgan fingerprint density at radius 1 is 1.62 bits per heavy atom. The zero-order valence-corrected chi connectivity index (χ0v) is 8.69. The number of aromatic nitrogens is 2. The van der Waals surface area contributed by atoms with Crippen LogP contribution in [0.2, 0.25) is 0 Å². The molecule has 0 radical (unpaired) electrons. The molecule has 0 aromatic carbocycles. The van der Waals surface area contributed by atoms with Crippen LogP contribution in [0.4, 0.5) is 0 Å². The highest BCUT2D eigenvalue weighted by molar-refractivity contribution is 9.09. The standard InChI is InChI=1S/C8H9BrN2O2/c1-6(12)13-5-7(9)8-10-3-2-4-11-8/h2-4,7H,5H2,1H3. The van der Waals surface area contributed by atoms with Crippen molar-refractivity contribution < 1.29 is 9.53 Å². The molecule has 1 heterocycles. The Kier molecular flexibility index (Phi) is 3.82. The zero-order valence-electron chi connectivity index (χ0n) is 7.11. The average molecular weight is 245 g/mol. The molecule has 1 unspecified atom stereocenters. The second-order valence-corrected chi connectivity index (χ2v) is 3.48. The molecule has 0 fully saturated rings. The molecule has 1 aromatic rings. The number of alkyl halides is 1. The van der Waals surface area contributed by atoms with Gasteiger partial charge in [0.2, 0.25) is 0 Å². The Hall–Kier alpha value is -0.970. The molecule has 0 saturated carbocycles. The molecule has 1 rings (SSSR count). The molecule has 13 heavy (non-hydrogen) atoms. The summed E-state index contributed by atoms with van der Waals surface area (Å²) in [7, 11) is 0. The first-order chi connectivity index (χ1) is 6.20. The lowest BCUT2D eigenvalue weighted by atomic mass is 10.4. The normalized spacial score (nSPS) is 12.2. The lowest BCUT2D eigenvalue weighted by Gasteiger charge is -2.07. The molecular formula is C8H9BrN2O2. The van der Waals surface area contributed by atoms with Crippen LogP contribution >= 0.6 is 15.9 Å². The molecule has 0 bridgehead atoms. The smallest absolute Gasteiger partial charge is 0.302 e. The molecule has 0 aliphatic rings. The molecule has 0 N–H and O–H groups in total. The summed E-state index contributed by atoms with van der Waals surface area (Å²) in [5.74, 6) is 0.309. The van der Waals surface area contributed by atoms with E-state index in [1.165, 1.54) is 6.92 Å². The van der Waals surface area contributed by atoms with Gasteiger partial charge in [0.15, 0.2) is 0 Å². The van der Waals surface area contributed by atoms with Crippen molar-refractivity contribution in [1.29, 1.82) is 0 Å². The molecule has 5 heteroatoms. The van der Waals surface area contributed by atoms with Crippen LogP contribution < -0.4 is 0 Å². The minimum atomic E-state index is -0.305. The summed E-state index contributed by atoms with van der Waals surface area (Å²) in [5, 5.41) is 0. The number of hydrogen-bond acceptors (Lipinski definition) is 4. The molecule has 1 aromatic heterocycles. The van der Waals surface area contributed by atoms with Crippen LogP contribution in [0.15, 0.2) is 18.5 Å². The maximum Gasteiger partial charge on any atom is 0.302 e. The molecule has 0 aliphatic heterocycles. The van der Waals surface area contributed by atoms with Crippen LogP contribution in [0.25, 0.3) is 0 Å². The second kappa shape index (κ2) is 4.91. The van der Waals surface area contributed by atoms with Gasteiger partial charge in [0, 0.05) is 19.3 Å². The zero-order chi connectivity index (χ0) is 9.68. The summed E-state index contributed by atoms with van der Waals surface area (Å²) in [6.07, 6.45) is 3.29. The second-order valence-electron chi connectivity index (χ2n) is 2.38. The van der Waals surface area contributed by atoms with E-state index in [-0.39, 0.29) is 17.4 Å². The van der Waals surface area contributed by atoms with Gasteiger partial charge in [0.1, 0.15) is 17.3 Å². The van der Waals surface area contributed by atoms with E-state index in [9.17, 15) is 4.79 Å². The van der Waals surface area contributed by atoms with Crippen LogP contribution in [0.1, 0.15) is 17.6 Å². The molecule has 70 valence electrons. The maximum atomic E-state index is 10.5. The van der Waals surface area contributed by atoms with Crippen molar-refractivity contribution in [2.45, 2.75) is 11.8 Å². The van der Waals surface area contributed by atoms with Gasteiger partial charge in [-0.05, 0) is 6.07 Å². The van der Waals surface area contributed by atoms with Crippen molar-refractivity contribution in [3.05, 3.63) is 24.3 Å². The summed E-state index contributed by atoms with van der Waals surface area (Å²) in [4.78, 5) is 18.4. The van der Waals surface area contributed by atoms with E-state index in [2.05, 4.69) is 25.9 Å². The highest BCUT2D eigenvalue weighted by Crippen LogP contribution is 2.18. The molecule has 4 nitrogen and oxygen atoms in total. The summed E-state index contributed by atoms with van der Waals surface area (Å²) >= 11 is 3.31. The number of halogens is 1. The van der Waals surface area contributed by atoms with Crippen LogP contribution in [-0.2, 0) is 9.53 Å². The molecule has 0 amide bonds. The first kappa shape index (κ1) is 10.1. The fourth-order valence-corrected chi connectivity index (χ4v) is 1.11. The predicted octanol–water partition coefficient (Wildman–Crippen LogP) is 1.48. The highest BCUT2D eigenvalue weighted by Gasteiger charge is 2.10. The molecule has 0 saturated heterocycles. The van der Waals surface area contributed by atoms with E-state index >= 15 is 0 Å². The number of ether oxygens (including phenoxy) is 1. The van der Waals surface area contributed by atoms with Crippen LogP contribution in [0.3, 0.4) is 0 Å². The van der Waals surface area contributed by atoms with E-state index < -0.39 is 0 Å². The SMILES string of the molecule is CC(=O)OCC(Br)c1ncccn1. The van der Waals surface area contributed by atoms with Gasteiger partial charge in [-0.3, -0.25) is 4.79 Å². The highest BCUT2D eigenvalue weighted by atomic mass is 79.9. The van der Waals surface area contributed by atoms with Crippen molar-refractivity contribution in [2.75, 3.05) is 6.61 Å². The number of hydrogen-bond donors (Lipinski definition) is 0. The van der Waals surface area contributed by atoms with Crippen LogP contribution in [0, 0.1) is 0 Å². The van der Waals surface area contributed by atoms with Gasteiger partial charge in [0.05, 0.1) is 0 Å². The third-order valence-electron chi connectivity index (χ3n) is 1.30. The Labute approximate surface area is 84.5 Å². The van der Waals surface area contributed by atoms with Gasteiger partial charge in [-0.15, -0.1) is 0 Å². The van der Waals surface area contributed by atoms with Crippen molar-refractivity contribution in [1.82, 2.24) is 9.97 Å². The van der Waals surface area contributed by atoms with E-state index in [0.717, 1.165) is 0 Å². The first-order valence-corrected chi connectivity index (χ1v) is 4.66. The summed E-state index contributed by atoms with van der Waals surface area (Å²) < 4.78 is 4.79. The Morgan fingerprint density at radius 3 is 2.77 bits per heavy atom. The quantitative estimate of drug-likeness (QED) is 0.597. The van der Waals surface area contributed by atoms with E-state index in [1.54, 1.807) is 18.5 Å². The third kappa shape index (κ3) is 3.50. The van der Waals surface area contributed by atoms with Crippen LogP contribution in [-0.4, -0.2) is 22.5 Å². The average Bonchev–Trinajstić information content (AvgIpc) is 2.15. The summed E-state index contributed by atoms with van der Waals surface area (Å²) in [5.41, 5.74) is 0. The lowest BCUT2D eigenvalue weighted by Crippen LogP contribution is -2.08. The molecule has 0 spiro atoms. The van der Waals surface area contributed by atoms with Crippen LogP contribution in [0.5, 0.6) is 0 Å². The van der Waals surface area contributed by atoms with Gasteiger partial charge in [0.25, 0.3) is 0 Å². The first-order valence-electron chi connectivity index (χ1n) is 3.74. The number of carbonyl (C=O) groups is 1. The number of esters is 1. The Morgan fingerprint density at radius 2 is 2.23 bits per heavy atom. The topological polar surface area (TPSA) is 52.1 Å². The summed E-state index contributed by atoms with van der Waals surface area (Å²) in [6, 6.07) is 1.73. The Bertz CT molecular complexity index is 279. The van der Waals surface area contributed by atoms with Gasteiger partial charge in [-0.25, -0.2) is 9.97 Å². The van der Waals surface area contributed by atoms with Crippen molar-refractivity contribution in [3.63, 3.8) is 0 Å². The fourth-order valence-electron chi connectivity index (χ4n) is 0.737. The fraction of sp³-hybridized carbons (Fsp3) is 0.375. The van der Waals surface area contributed by atoms with Crippen molar-refractivity contribution in [2.24, 2.45) is 0 Å². The van der Waals surface area contributed by atoms with Crippen molar-refractivity contribution in [3.8, 4) is 0 Å². The van der Waals surface area contributed by atoms with E-state index in [0.29, 0.717) is 5.82 Å². The van der Waals surface area contributed by atoms with Gasteiger partial charge in [-0.1, -0.05) is 15.9 Å². The minimum Gasteiger partial charge on any atom is -0.464 e. The van der Waals surface area contributed by atoms with Gasteiger partial charge in [-0.2, -0.15) is 0 Å². The lowest BCUT2D eigenvalue weighted by molar-refractivity contribution is -0.140. The number of carbonyl (C=O) groups excluding carboxylic acids is 1. The molecular weight excluding hydrogens is 236 g/mol. The van der Waals surface area contributed by atoms with E-state index in [4.69, 9.17) is 4.74 Å². The number of nitrogens with zero attached hydrogens (tertiary/aromatic N) is 2. The molecule has 1 atom stereocenters. The van der Waals surface area contributed by atoms with Gasteiger partial charge < -0.3 is 4.74 Å². The van der Waals surface area contributed by atoms with Crippen molar-refractivity contribution >= 4 is 21.9 Å². The van der Waals surface area contributed by atoms with E-state index in [1.807, 2.05) is 0 Å².